The third kappa shape index (κ3) is 6.56. The number of aromatic nitrogens is 1. The summed E-state index contributed by atoms with van der Waals surface area (Å²) in [6.07, 6.45) is 5.38. The second-order valence-corrected chi connectivity index (χ2v) is 10.6. The molecule has 1 atom stereocenters. The van der Waals surface area contributed by atoms with Gasteiger partial charge in [0.25, 0.3) is 0 Å². The fraction of sp³-hybridized carbons (Fsp3) is 0.353. The van der Waals surface area contributed by atoms with Crippen LogP contribution < -0.4 is 4.74 Å². The molecule has 1 N–H and O–H groups in total. The van der Waals surface area contributed by atoms with Crippen LogP contribution in [0.15, 0.2) is 85.1 Å². The second-order valence-electron chi connectivity index (χ2n) is 10.6. The smallest absolute Gasteiger partial charge is 0.242 e. The van der Waals surface area contributed by atoms with E-state index in [1.165, 1.54) is 10.9 Å². The molecule has 6 heteroatoms. The molecule has 208 valence electrons. The van der Waals surface area contributed by atoms with Gasteiger partial charge < -0.3 is 19.5 Å². The number of H-pyrrole nitrogens is 1. The molecule has 1 aliphatic carbocycles. The predicted molar refractivity (Wildman–Crippen MR) is 159 cm³/mol. The number of rotatable bonds is 13. The standard InChI is InChI=1S/C34H39N3O3/c1-3-30(26-10-6-5-7-11-26)34(39)37(28-16-17-28)24-33(38)36(23-25-14-18-29(19-15-25)40-4-2)21-20-27-22-35-32-13-9-8-12-31(27)32/h5-15,18-19,22,28,30,35H,3-4,16-17,20-21,23-24H2,1-2H3. The lowest BCUT2D eigenvalue weighted by molar-refractivity contribution is -0.142. The molecule has 0 bridgehead atoms. The minimum Gasteiger partial charge on any atom is -0.494 e. The van der Waals surface area contributed by atoms with E-state index in [-0.39, 0.29) is 30.3 Å². The third-order valence-corrected chi connectivity index (χ3v) is 7.77. The van der Waals surface area contributed by atoms with E-state index in [4.69, 9.17) is 4.74 Å². The fourth-order valence-corrected chi connectivity index (χ4v) is 5.42. The number of para-hydroxylation sites is 1. The number of fused-ring (bicyclic) bond motifs is 1. The van der Waals surface area contributed by atoms with Gasteiger partial charge in [-0.2, -0.15) is 0 Å². The Balaban J connectivity index is 1.35. The second kappa shape index (κ2) is 12.9. The minimum absolute atomic E-state index is 0.0168. The highest BCUT2D eigenvalue weighted by Gasteiger charge is 2.37. The Bertz CT molecular complexity index is 1410. The van der Waals surface area contributed by atoms with Gasteiger partial charge in [-0.05, 0) is 67.5 Å². The van der Waals surface area contributed by atoms with Crippen molar-refractivity contribution in [2.75, 3.05) is 19.7 Å². The zero-order chi connectivity index (χ0) is 27.9. The van der Waals surface area contributed by atoms with Gasteiger partial charge in [-0.25, -0.2) is 0 Å². The first-order valence-electron chi connectivity index (χ1n) is 14.5. The van der Waals surface area contributed by atoms with E-state index in [0.717, 1.165) is 41.7 Å². The molecule has 2 amide bonds. The number of nitrogens with zero attached hydrogens (tertiary/aromatic N) is 2. The van der Waals surface area contributed by atoms with Gasteiger partial charge in [0.2, 0.25) is 11.8 Å². The maximum Gasteiger partial charge on any atom is 0.242 e. The lowest BCUT2D eigenvalue weighted by atomic mass is 9.95. The van der Waals surface area contributed by atoms with Crippen molar-refractivity contribution >= 4 is 22.7 Å². The average Bonchev–Trinajstić information content (AvgIpc) is 3.75. The van der Waals surface area contributed by atoms with Crippen LogP contribution >= 0.6 is 0 Å². The number of nitrogens with one attached hydrogen (secondary N) is 1. The van der Waals surface area contributed by atoms with Crippen LogP contribution in [0.2, 0.25) is 0 Å². The summed E-state index contributed by atoms with van der Waals surface area (Å²) in [5, 5.41) is 1.18. The number of hydrogen-bond donors (Lipinski definition) is 1. The van der Waals surface area contributed by atoms with Gasteiger partial charge >= 0.3 is 0 Å². The molecule has 4 aromatic rings. The molecule has 0 radical (unpaired) electrons. The van der Waals surface area contributed by atoms with Crippen molar-refractivity contribution in [2.45, 2.75) is 58.0 Å². The van der Waals surface area contributed by atoms with Gasteiger partial charge in [-0.15, -0.1) is 0 Å². The topological polar surface area (TPSA) is 65.6 Å². The summed E-state index contributed by atoms with van der Waals surface area (Å²) in [5.41, 5.74) is 4.33. The molecular formula is C34H39N3O3. The first kappa shape index (κ1) is 27.5. The van der Waals surface area contributed by atoms with Crippen molar-refractivity contribution in [3.05, 3.63) is 102 Å². The summed E-state index contributed by atoms with van der Waals surface area (Å²) < 4.78 is 5.60. The van der Waals surface area contributed by atoms with Crippen molar-refractivity contribution in [2.24, 2.45) is 0 Å². The number of hydrogen-bond acceptors (Lipinski definition) is 3. The molecule has 1 aliphatic rings. The summed E-state index contributed by atoms with van der Waals surface area (Å²) in [4.78, 5) is 34.8. The molecule has 3 aromatic carbocycles. The maximum absolute atomic E-state index is 13.9. The molecule has 1 heterocycles. The number of aromatic amines is 1. The molecule has 1 fully saturated rings. The van der Waals surface area contributed by atoms with Crippen LogP contribution in [0.4, 0.5) is 0 Å². The SMILES string of the molecule is CCOc1ccc(CN(CCc2c[nH]c3ccccc23)C(=O)CN(C(=O)C(CC)c2ccccc2)C2CC2)cc1. The molecule has 6 nitrogen and oxygen atoms in total. The zero-order valence-corrected chi connectivity index (χ0v) is 23.5. The Morgan fingerprint density at radius 1 is 0.950 bits per heavy atom. The van der Waals surface area contributed by atoms with Gasteiger partial charge in [0.1, 0.15) is 12.3 Å². The van der Waals surface area contributed by atoms with Gasteiger partial charge in [-0.1, -0.05) is 67.6 Å². The molecule has 40 heavy (non-hydrogen) atoms. The van der Waals surface area contributed by atoms with Crippen LogP contribution in [0.3, 0.4) is 0 Å². The molecular weight excluding hydrogens is 498 g/mol. The first-order valence-corrected chi connectivity index (χ1v) is 14.5. The number of ether oxygens (including phenoxy) is 1. The highest BCUT2D eigenvalue weighted by atomic mass is 16.5. The Kier molecular flexibility index (Phi) is 8.84. The Hall–Kier alpha value is -4.06. The monoisotopic (exact) mass is 537 g/mol. The molecule has 1 aromatic heterocycles. The van der Waals surface area contributed by atoms with E-state index in [1.54, 1.807) is 0 Å². The van der Waals surface area contributed by atoms with E-state index in [1.807, 2.05) is 96.6 Å². The van der Waals surface area contributed by atoms with E-state index in [0.29, 0.717) is 26.1 Å². The summed E-state index contributed by atoms with van der Waals surface area (Å²) in [6, 6.07) is 26.3. The van der Waals surface area contributed by atoms with Gasteiger partial charge in [0.15, 0.2) is 0 Å². The summed E-state index contributed by atoms with van der Waals surface area (Å²) in [6.45, 7) is 5.78. The quantitative estimate of drug-likeness (QED) is 0.217. The Morgan fingerprint density at radius 3 is 2.38 bits per heavy atom. The first-order chi connectivity index (χ1) is 19.6. The highest BCUT2D eigenvalue weighted by Crippen LogP contribution is 2.32. The van der Waals surface area contributed by atoms with Gasteiger partial charge in [0.05, 0.1) is 12.5 Å². The third-order valence-electron chi connectivity index (χ3n) is 7.77. The molecule has 0 aliphatic heterocycles. The summed E-state index contributed by atoms with van der Waals surface area (Å²) >= 11 is 0. The van der Waals surface area contributed by atoms with Crippen molar-refractivity contribution in [3.8, 4) is 5.75 Å². The normalized spacial score (nSPS) is 13.7. The van der Waals surface area contributed by atoms with Crippen molar-refractivity contribution in [1.29, 1.82) is 0 Å². The maximum atomic E-state index is 13.9. The van der Waals surface area contributed by atoms with Crippen molar-refractivity contribution < 1.29 is 14.3 Å². The summed E-state index contributed by atoms with van der Waals surface area (Å²) in [7, 11) is 0. The largest absolute Gasteiger partial charge is 0.494 e. The molecule has 0 saturated heterocycles. The Labute approximate surface area is 236 Å². The van der Waals surface area contributed by atoms with Crippen LogP contribution in [-0.2, 0) is 22.6 Å². The lowest BCUT2D eigenvalue weighted by Crippen LogP contribution is -2.45. The summed E-state index contributed by atoms with van der Waals surface area (Å²) in [5.74, 6) is 0.624. The molecule has 5 rings (SSSR count). The number of carbonyl (C=O) groups excluding carboxylic acids is 2. The fourth-order valence-electron chi connectivity index (χ4n) is 5.42. The van der Waals surface area contributed by atoms with Crippen LogP contribution in [0.25, 0.3) is 10.9 Å². The molecule has 0 spiro atoms. The predicted octanol–water partition coefficient (Wildman–Crippen LogP) is 6.32. The molecule has 1 unspecified atom stereocenters. The van der Waals surface area contributed by atoms with Gasteiger partial charge in [-0.3, -0.25) is 9.59 Å². The van der Waals surface area contributed by atoms with E-state index >= 15 is 0 Å². The van der Waals surface area contributed by atoms with E-state index in [9.17, 15) is 9.59 Å². The minimum atomic E-state index is -0.236. The number of carbonyl (C=O) groups is 2. The van der Waals surface area contributed by atoms with Crippen LogP contribution in [0.1, 0.15) is 55.7 Å². The van der Waals surface area contributed by atoms with Crippen molar-refractivity contribution in [3.63, 3.8) is 0 Å². The van der Waals surface area contributed by atoms with Crippen molar-refractivity contribution in [1.82, 2.24) is 14.8 Å². The zero-order valence-electron chi connectivity index (χ0n) is 23.5. The molecule has 1 saturated carbocycles. The number of amides is 2. The number of benzene rings is 3. The van der Waals surface area contributed by atoms with Crippen LogP contribution in [0, 0.1) is 0 Å². The van der Waals surface area contributed by atoms with E-state index < -0.39 is 0 Å². The highest BCUT2D eigenvalue weighted by molar-refractivity contribution is 5.89. The average molecular weight is 538 g/mol. The van der Waals surface area contributed by atoms with Crippen LogP contribution in [-0.4, -0.2) is 52.3 Å². The Morgan fingerprint density at radius 2 is 1.68 bits per heavy atom. The van der Waals surface area contributed by atoms with E-state index in [2.05, 4.69) is 17.1 Å². The van der Waals surface area contributed by atoms with Crippen LogP contribution in [0.5, 0.6) is 5.75 Å². The lowest BCUT2D eigenvalue weighted by Gasteiger charge is -2.30. The van der Waals surface area contributed by atoms with Gasteiger partial charge in [0, 0.05) is 36.2 Å².